The lowest BCUT2D eigenvalue weighted by molar-refractivity contribution is 1.07. The first-order valence-corrected chi connectivity index (χ1v) is 16.6. The van der Waals surface area contributed by atoms with Crippen molar-refractivity contribution < 1.29 is 0 Å². The van der Waals surface area contributed by atoms with Crippen LogP contribution < -0.4 is 0 Å². The van der Waals surface area contributed by atoms with Gasteiger partial charge in [0.1, 0.15) is 0 Å². The van der Waals surface area contributed by atoms with Gasteiger partial charge in [-0.05, 0) is 46.2 Å². The summed E-state index contributed by atoms with van der Waals surface area (Å²) in [6.07, 6.45) is 0. The fraction of sp³-hybridized carbons (Fsp3) is 0. The highest BCUT2D eigenvalue weighted by Gasteiger charge is 2.17. The lowest BCUT2D eigenvalue weighted by Crippen LogP contribution is -2.00. The van der Waals surface area contributed by atoms with Crippen molar-refractivity contribution in [2.45, 2.75) is 0 Å². The highest BCUT2D eigenvalue weighted by molar-refractivity contribution is 5.97. The molecule has 0 aliphatic heterocycles. The fourth-order valence-corrected chi connectivity index (χ4v) is 6.46. The van der Waals surface area contributed by atoms with Crippen LogP contribution in [0, 0.1) is 0 Å². The van der Waals surface area contributed by atoms with Gasteiger partial charge in [0.2, 0.25) is 0 Å². The first kappa shape index (κ1) is 29.3. The van der Waals surface area contributed by atoms with E-state index in [-0.39, 0.29) is 0 Å². The molecule has 0 saturated heterocycles. The molecular formula is C45H29N5. The van der Waals surface area contributed by atoms with Crippen molar-refractivity contribution in [2.75, 3.05) is 0 Å². The molecule has 0 spiro atoms. The zero-order chi connectivity index (χ0) is 33.3. The Kier molecular flexibility index (Phi) is 7.41. The average Bonchev–Trinajstić information content (AvgIpc) is 3.20. The molecule has 5 nitrogen and oxygen atoms in total. The molecule has 9 aromatic rings. The highest BCUT2D eigenvalue weighted by Crippen LogP contribution is 2.36. The Morgan fingerprint density at radius 2 is 0.700 bits per heavy atom. The van der Waals surface area contributed by atoms with Crippen molar-refractivity contribution in [1.82, 2.24) is 24.9 Å². The Balaban J connectivity index is 1.21. The minimum Gasteiger partial charge on any atom is -0.244 e. The molecule has 2 heterocycles. The summed E-state index contributed by atoms with van der Waals surface area (Å²) in [4.78, 5) is 25.3. The number of fused-ring (bicyclic) bond motifs is 2. The number of nitrogens with zero attached hydrogens (tertiary/aromatic N) is 5. The summed E-state index contributed by atoms with van der Waals surface area (Å²) in [6.45, 7) is 0. The molecule has 0 amide bonds. The van der Waals surface area contributed by atoms with Gasteiger partial charge in [-0.2, -0.15) is 0 Å². The minimum absolute atomic E-state index is 0.591. The van der Waals surface area contributed by atoms with E-state index in [9.17, 15) is 0 Å². The molecule has 0 aliphatic rings. The Morgan fingerprint density at radius 1 is 0.280 bits per heavy atom. The van der Waals surface area contributed by atoms with Gasteiger partial charge in [-0.1, -0.05) is 152 Å². The van der Waals surface area contributed by atoms with E-state index >= 15 is 0 Å². The fourth-order valence-electron chi connectivity index (χ4n) is 6.46. The van der Waals surface area contributed by atoms with E-state index in [0.717, 1.165) is 55.8 Å². The number of hydrogen-bond donors (Lipinski definition) is 0. The maximum absolute atomic E-state index is 5.23. The second-order valence-corrected chi connectivity index (χ2v) is 12.1. The van der Waals surface area contributed by atoms with Crippen LogP contribution in [0.1, 0.15) is 0 Å². The largest absolute Gasteiger partial charge is 0.244 e. The number of benzene rings is 7. The second kappa shape index (κ2) is 12.6. The maximum atomic E-state index is 5.23. The van der Waals surface area contributed by atoms with Crippen LogP contribution in [-0.4, -0.2) is 24.9 Å². The number of rotatable bonds is 6. The normalized spacial score (nSPS) is 11.2. The van der Waals surface area contributed by atoms with Crippen molar-refractivity contribution in [3.8, 4) is 67.8 Å². The van der Waals surface area contributed by atoms with Gasteiger partial charge in [-0.25, -0.2) is 24.9 Å². The average molecular weight is 640 g/mol. The molecule has 234 valence electrons. The first-order chi connectivity index (χ1) is 24.8. The molecule has 0 bridgehead atoms. The standard InChI is InChI=1S/C45H29N5/c1-3-15-31(16-4-1)43-48-44(32-17-5-2-6-18-32)50-45(49-43)36-23-12-22-35(29-36)42-41(46-39-26-9-10-27-40(39)47-42)34-21-11-20-33(28-34)38-25-13-19-30-14-7-8-24-37(30)38/h1-29H. The van der Waals surface area contributed by atoms with Gasteiger partial charge < -0.3 is 0 Å². The van der Waals surface area contributed by atoms with Crippen molar-refractivity contribution >= 4 is 21.8 Å². The van der Waals surface area contributed by atoms with E-state index in [1.54, 1.807) is 0 Å². The van der Waals surface area contributed by atoms with E-state index < -0.39 is 0 Å². The molecule has 50 heavy (non-hydrogen) atoms. The molecule has 9 rings (SSSR count). The van der Waals surface area contributed by atoms with E-state index in [0.29, 0.717) is 17.5 Å². The Bertz CT molecular complexity index is 2590. The van der Waals surface area contributed by atoms with Crippen LogP contribution in [0.5, 0.6) is 0 Å². The van der Waals surface area contributed by atoms with Gasteiger partial charge >= 0.3 is 0 Å². The molecular weight excluding hydrogens is 611 g/mol. The Hall–Kier alpha value is -6.85. The van der Waals surface area contributed by atoms with Crippen LogP contribution in [0.4, 0.5) is 0 Å². The molecule has 2 aromatic heterocycles. The monoisotopic (exact) mass is 639 g/mol. The molecule has 0 atom stereocenters. The van der Waals surface area contributed by atoms with Crippen molar-refractivity contribution in [1.29, 1.82) is 0 Å². The van der Waals surface area contributed by atoms with Gasteiger partial charge in [0, 0.05) is 27.8 Å². The lowest BCUT2D eigenvalue weighted by Gasteiger charge is -2.14. The molecule has 7 aromatic carbocycles. The smallest absolute Gasteiger partial charge is 0.164 e. The zero-order valence-corrected chi connectivity index (χ0v) is 27.0. The van der Waals surface area contributed by atoms with E-state index in [1.165, 1.54) is 16.3 Å². The molecule has 5 heteroatoms. The summed E-state index contributed by atoms with van der Waals surface area (Å²) >= 11 is 0. The van der Waals surface area contributed by atoms with Crippen LogP contribution in [0.15, 0.2) is 176 Å². The third kappa shape index (κ3) is 5.57. The molecule has 0 aliphatic carbocycles. The van der Waals surface area contributed by atoms with E-state index in [4.69, 9.17) is 24.9 Å². The van der Waals surface area contributed by atoms with Gasteiger partial charge in [-0.3, -0.25) is 0 Å². The van der Waals surface area contributed by atoms with Crippen LogP contribution in [0.3, 0.4) is 0 Å². The van der Waals surface area contributed by atoms with Gasteiger partial charge in [0.25, 0.3) is 0 Å². The Morgan fingerprint density at radius 3 is 1.32 bits per heavy atom. The van der Waals surface area contributed by atoms with Gasteiger partial charge in [0.05, 0.1) is 22.4 Å². The van der Waals surface area contributed by atoms with Crippen molar-refractivity contribution in [3.63, 3.8) is 0 Å². The molecule has 0 N–H and O–H groups in total. The van der Waals surface area contributed by atoms with Crippen LogP contribution >= 0.6 is 0 Å². The van der Waals surface area contributed by atoms with Crippen LogP contribution in [-0.2, 0) is 0 Å². The summed E-state index contributed by atoms with van der Waals surface area (Å²) in [7, 11) is 0. The third-order valence-electron chi connectivity index (χ3n) is 8.90. The number of aromatic nitrogens is 5. The number of para-hydroxylation sites is 2. The van der Waals surface area contributed by atoms with Crippen molar-refractivity contribution in [2.24, 2.45) is 0 Å². The topological polar surface area (TPSA) is 64.5 Å². The van der Waals surface area contributed by atoms with E-state index in [1.807, 2.05) is 97.1 Å². The molecule has 0 unspecified atom stereocenters. The zero-order valence-electron chi connectivity index (χ0n) is 27.0. The first-order valence-electron chi connectivity index (χ1n) is 16.6. The summed E-state index contributed by atoms with van der Waals surface area (Å²) in [5, 5.41) is 2.43. The second-order valence-electron chi connectivity index (χ2n) is 12.1. The lowest BCUT2D eigenvalue weighted by atomic mass is 9.95. The van der Waals surface area contributed by atoms with Gasteiger partial charge in [-0.15, -0.1) is 0 Å². The maximum Gasteiger partial charge on any atom is 0.164 e. The van der Waals surface area contributed by atoms with Crippen LogP contribution in [0.2, 0.25) is 0 Å². The summed E-state index contributed by atoms with van der Waals surface area (Å²) in [6, 6.07) is 59.9. The summed E-state index contributed by atoms with van der Waals surface area (Å²) in [5.41, 5.74) is 10.2. The predicted molar refractivity (Wildman–Crippen MR) is 203 cm³/mol. The van der Waals surface area contributed by atoms with Crippen molar-refractivity contribution in [3.05, 3.63) is 176 Å². The molecule has 0 radical (unpaired) electrons. The van der Waals surface area contributed by atoms with Crippen LogP contribution in [0.25, 0.3) is 89.6 Å². The van der Waals surface area contributed by atoms with Gasteiger partial charge in [0.15, 0.2) is 17.5 Å². The Labute approximate surface area is 289 Å². The summed E-state index contributed by atoms with van der Waals surface area (Å²) in [5.74, 6) is 1.83. The SMILES string of the molecule is c1ccc(-c2nc(-c3ccccc3)nc(-c3cccc(-c4nc5ccccc5nc4-c4cccc(-c5cccc6ccccc56)c4)c3)n2)cc1. The third-order valence-corrected chi connectivity index (χ3v) is 8.90. The number of hydrogen-bond acceptors (Lipinski definition) is 5. The minimum atomic E-state index is 0.591. The molecule has 0 fully saturated rings. The predicted octanol–water partition coefficient (Wildman–Crippen LogP) is 11.0. The summed E-state index contributed by atoms with van der Waals surface area (Å²) < 4.78 is 0. The highest BCUT2D eigenvalue weighted by atomic mass is 15.0. The van der Waals surface area contributed by atoms with E-state index in [2.05, 4.69) is 78.9 Å². The molecule has 0 saturated carbocycles. The quantitative estimate of drug-likeness (QED) is 0.181.